The molecule has 0 N–H and O–H groups in total. The van der Waals surface area contributed by atoms with Crippen molar-refractivity contribution >= 4 is 50.1 Å². The average Bonchev–Trinajstić information content (AvgIpc) is 3.73. The smallest absolute Gasteiger partial charge is 0.227 e. The number of allylic oxidation sites excluding steroid dienone is 4. The van der Waals surface area contributed by atoms with Crippen molar-refractivity contribution in [3.63, 3.8) is 0 Å². The van der Waals surface area contributed by atoms with Crippen molar-refractivity contribution in [2.24, 2.45) is 0 Å². The Balaban J connectivity index is 0.960. The molecule has 10 rings (SSSR count). The fraction of sp³-hybridized carbons (Fsp3) is 0. The van der Waals surface area contributed by atoms with Crippen LogP contribution in [0.5, 0.6) is 0 Å². The zero-order valence-electron chi connectivity index (χ0n) is 30.4. The summed E-state index contributed by atoms with van der Waals surface area (Å²) in [7, 11) is 0. The van der Waals surface area contributed by atoms with Crippen LogP contribution in [0.1, 0.15) is 11.1 Å². The van der Waals surface area contributed by atoms with Crippen LogP contribution in [0.15, 0.2) is 222 Å². The van der Waals surface area contributed by atoms with E-state index in [1.165, 1.54) is 10.8 Å². The summed E-state index contributed by atoms with van der Waals surface area (Å²) in [5, 5.41) is 2.39. The van der Waals surface area contributed by atoms with Gasteiger partial charge in [0.05, 0.1) is 0 Å². The molecule has 0 radical (unpaired) electrons. The molecule has 3 nitrogen and oxygen atoms in total. The van der Waals surface area contributed by atoms with E-state index < -0.39 is 0 Å². The molecule has 0 bridgehead atoms. The first-order valence-corrected chi connectivity index (χ1v) is 18.8. The number of fused-ring (bicyclic) bond motifs is 2. The summed E-state index contributed by atoms with van der Waals surface area (Å²) in [4.78, 5) is 7.21. The summed E-state index contributed by atoms with van der Waals surface area (Å²) in [6.07, 6.45) is 4.08. The van der Waals surface area contributed by atoms with Crippen LogP contribution in [0.4, 0.5) is 17.1 Å². The minimum atomic E-state index is 0.601. The van der Waals surface area contributed by atoms with Crippen molar-refractivity contribution in [2.45, 2.75) is 0 Å². The number of nitrogens with zero attached hydrogens (tertiary/aromatic N) is 2. The third-order valence-electron chi connectivity index (χ3n) is 10.4. The Kier molecular flexibility index (Phi) is 8.40. The number of para-hydroxylation sites is 3. The van der Waals surface area contributed by atoms with E-state index in [1.54, 1.807) is 0 Å². The largest absolute Gasteiger partial charge is 0.435 e. The molecule has 262 valence electrons. The van der Waals surface area contributed by atoms with E-state index in [0.29, 0.717) is 5.89 Å². The molecule has 9 aromatic rings. The Labute approximate surface area is 325 Å². The van der Waals surface area contributed by atoms with Gasteiger partial charge in [0, 0.05) is 33.8 Å². The van der Waals surface area contributed by atoms with Crippen LogP contribution >= 0.6 is 0 Å². The Morgan fingerprint density at radius 1 is 0.446 bits per heavy atom. The quantitative estimate of drug-likeness (QED) is 0.147. The van der Waals surface area contributed by atoms with E-state index in [1.807, 2.05) is 24.3 Å². The van der Waals surface area contributed by atoms with Crippen molar-refractivity contribution < 1.29 is 4.42 Å². The molecule has 0 aliphatic heterocycles. The second-order valence-corrected chi connectivity index (χ2v) is 13.8. The summed E-state index contributed by atoms with van der Waals surface area (Å²) in [6.45, 7) is 0. The van der Waals surface area contributed by atoms with Crippen LogP contribution in [0.2, 0.25) is 0 Å². The Hall–Kier alpha value is -7.67. The van der Waals surface area contributed by atoms with Crippen LogP contribution in [-0.2, 0) is 0 Å². The van der Waals surface area contributed by atoms with E-state index in [9.17, 15) is 0 Å². The molecule has 0 saturated carbocycles. The average molecular weight is 715 g/mol. The highest BCUT2D eigenvalue weighted by Gasteiger charge is 2.19. The van der Waals surface area contributed by atoms with Crippen LogP contribution in [0.25, 0.3) is 66.7 Å². The lowest BCUT2D eigenvalue weighted by Crippen LogP contribution is -2.09. The predicted octanol–water partition coefficient (Wildman–Crippen LogP) is 14.2. The molecule has 0 unspecified atom stereocenters. The maximum absolute atomic E-state index is 6.54. The van der Waals surface area contributed by atoms with Crippen LogP contribution < -0.4 is 4.90 Å². The molecule has 0 atom stereocenters. The third-order valence-corrected chi connectivity index (χ3v) is 10.4. The van der Waals surface area contributed by atoms with E-state index in [0.717, 1.165) is 78.3 Å². The SMILES string of the molecule is C1=C=C(c2ccc(N(c3ccccc3)c3ccccc3)cc2)C(c2ccccc2-c2ccc(-c3nc4cccc(-c5cccc6ccccc56)c4o3)cc2)=CC=1. The molecule has 0 fully saturated rings. The van der Waals surface area contributed by atoms with Gasteiger partial charge in [0.15, 0.2) is 5.58 Å². The highest BCUT2D eigenvalue weighted by molar-refractivity contribution is 6.09. The van der Waals surface area contributed by atoms with Crippen LogP contribution in [0, 0.1) is 0 Å². The zero-order valence-corrected chi connectivity index (χ0v) is 30.4. The summed E-state index contributed by atoms with van der Waals surface area (Å²) in [6, 6.07) is 67.8. The van der Waals surface area contributed by atoms with Crippen molar-refractivity contribution in [3.05, 3.63) is 229 Å². The molecule has 1 heterocycles. The molecule has 0 amide bonds. The lowest BCUT2D eigenvalue weighted by Gasteiger charge is -2.25. The van der Waals surface area contributed by atoms with Crippen molar-refractivity contribution in [2.75, 3.05) is 4.90 Å². The first-order valence-electron chi connectivity index (χ1n) is 18.8. The van der Waals surface area contributed by atoms with Gasteiger partial charge in [-0.1, -0.05) is 151 Å². The second-order valence-electron chi connectivity index (χ2n) is 13.8. The highest BCUT2D eigenvalue weighted by atomic mass is 16.3. The van der Waals surface area contributed by atoms with Crippen molar-refractivity contribution in [1.82, 2.24) is 4.98 Å². The molecule has 1 aliphatic carbocycles. The lowest BCUT2D eigenvalue weighted by molar-refractivity contribution is 0.621. The first kappa shape index (κ1) is 32.9. The predicted molar refractivity (Wildman–Crippen MR) is 232 cm³/mol. The Morgan fingerprint density at radius 2 is 1.02 bits per heavy atom. The Morgan fingerprint density at radius 3 is 1.79 bits per heavy atom. The minimum absolute atomic E-state index is 0.601. The summed E-state index contributed by atoms with van der Waals surface area (Å²) in [5.41, 5.74) is 21.2. The minimum Gasteiger partial charge on any atom is -0.435 e. The zero-order chi connectivity index (χ0) is 37.3. The molecular formula is C53H34N2O. The third kappa shape index (κ3) is 6.06. The molecule has 0 spiro atoms. The monoisotopic (exact) mass is 714 g/mol. The van der Waals surface area contributed by atoms with E-state index in [2.05, 4.69) is 198 Å². The van der Waals surface area contributed by atoms with Gasteiger partial charge in [-0.3, -0.25) is 0 Å². The number of hydrogen-bond donors (Lipinski definition) is 0. The molecule has 56 heavy (non-hydrogen) atoms. The van der Waals surface area contributed by atoms with Gasteiger partial charge >= 0.3 is 0 Å². The van der Waals surface area contributed by atoms with E-state index in [4.69, 9.17) is 9.40 Å². The fourth-order valence-corrected chi connectivity index (χ4v) is 7.73. The summed E-state index contributed by atoms with van der Waals surface area (Å²) < 4.78 is 6.54. The second kappa shape index (κ2) is 14.3. The van der Waals surface area contributed by atoms with Gasteiger partial charge in [0.25, 0.3) is 0 Å². The number of rotatable bonds is 8. The maximum atomic E-state index is 6.54. The topological polar surface area (TPSA) is 29.3 Å². The van der Waals surface area contributed by atoms with Gasteiger partial charge in [-0.05, 0) is 111 Å². The fourth-order valence-electron chi connectivity index (χ4n) is 7.73. The number of oxazole rings is 1. The molecule has 1 aliphatic rings. The van der Waals surface area contributed by atoms with Gasteiger partial charge < -0.3 is 9.32 Å². The van der Waals surface area contributed by atoms with Crippen molar-refractivity contribution in [3.8, 4) is 33.7 Å². The maximum Gasteiger partial charge on any atom is 0.227 e. The molecule has 8 aromatic carbocycles. The lowest BCUT2D eigenvalue weighted by atomic mass is 9.86. The van der Waals surface area contributed by atoms with E-state index >= 15 is 0 Å². The number of aromatic nitrogens is 1. The number of hydrogen-bond acceptors (Lipinski definition) is 3. The number of benzene rings is 8. The van der Waals surface area contributed by atoms with Gasteiger partial charge in [-0.25, -0.2) is 4.98 Å². The van der Waals surface area contributed by atoms with Gasteiger partial charge in [-0.2, -0.15) is 0 Å². The van der Waals surface area contributed by atoms with Gasteiger partial charge in [-0.15, -0.1) is 0 Å². The molecular weight excluding hydrogens is 681 g/mol. The highest BCUT2D eigenvalue weighted by Crippen LogP contribution is 2.41. The van der Waals surface area contributed by atoms with Crippen LogP contribution in [-0.4, -0.2) is 4.98 Å². The van der Waals surface area contributed by atoms with Gasteiger partial charge in [0.1, 0.15) is 5.52 Å². The molecule has 1 aromatic heterocycles. The standard InChI is InChI=1S/C53H34N2O/c1-3-17-41(18-4-1)55(42-19-5-2-6-20-42)43-35-33-39(34-36-43)46-23-10-12-25-48(46)47-24-11-9-22-45(47)38-29-31-40(32-30-38)53-54-51-28-14-27-50(52(51)56-53)49-26-13-16-37-15-7-8-21-44(37)49/h1-9,11-22,24-36H. The Bertz CT molecular complexity index is 2970. The molecule has 0 saturated heterocycles. The van der Waals surface area contributed by atoms with E-state index in [-0.39, 0.29) is 0 Å². The normalized spacial score (nSPS) is 12.1. The van der Waals surface area contributed by atoms with Crippen LogP contribution in [0.3, 0.4) is 0 Å². The molecule has 3 heteroatoms. The number of anilines is 3. The summed E-state index contributed by atoms with van der Waals surface area (Å²) >= 11 is 0. The van der Waals surface area contributed by atoms with Gasteiger partial charge in [0.2, 0.25) is 5.89 Å². The first-order chi connectivity index (χ1) is 27.8. The van der Waals surface area contributed by atoms with Crippen molar-refractivity contribution in [1.29, 1.82) is 0 Å². The summed E-state index contributed by atoms with van der Waals surface area (Å²) in [5.74, 6) is 0.601.